The van der Waals surface area contributed by atoms with Gasteiger partial charge in [0.1, 0.15) is 0 Å². The van der Waals surface area contributed by atoms with Crippen LogP contribution in [0.4, 0.5) is 5.69 Å². The number of anilines is 1. The molecule has 0 aliphatic carbocycles. The molecule has 0 radical (unpaired) electrons. The van der Waals surface area contributed by atoms with Crippen molar-refractivity contribution in [2.45, 2.75) is 25.8 Å². The summed E-state index contributed by atoms with van der Waals surface area (Å²) in [5, 5.41) is 0. The Kier molecular flexibility index (Phi) is 6.21. The zero-order valence-corrected chi connectivity index (χ0v) is 14.0. The Labute approximate surface area is 135 Å². The predicted molar refractivity (Wildman–Crippen MR) is 92.4 cm³/mol. The fourth-order valence-electron chi connectivity index (χ4n) is 2.47. The van der Waals surface area contributed by atoms with Gasteiger partial charge in [-0.1, -0.05) is 31.5 Å². The normalized spacial score (nSPS) is 12.1. The number of halogens is 1. The fourth-order valence-corrected chi connectivity index (χ4v) is 2.85. The summed E-state index contributed by atoms with van der Waals surface area (Å²) in [5.41, 5.74) is 8.43. The van der Waals surface area contributed by atoms with Gasteiger partial charge >= 0.3 is 0 Å². The molecule has 2 aromatic rings. The number of unbranched alkanes of at least 4 members (excludes halogenated alkanes) is 1. The van der Waals surface area contributed by atoms with E-state index in [2.05, 4.69) is 63.1 Å². The van der Waals surface area contributed by atoms with Gasteiger partial charge in [-0.25, -0.2) is 0 Å². The van der Waals surface area contributed by atoms with Crippen LogP contribution in [0.15, 0.2) is 53.3 Å². The first kappa shape index (κ1) is 16.0. The van der Waals surface area contributed by atoms with E-state index in [4.69, 9.17) is 5.73 Å². The first-order chi connectivity index (χ1) is 10.3. The van der Waals surface area contributed by atoms with E-state index in [0.717, 1.165) is 29.4 Å². The van der Waals surface area contributed by atoms with Crippen LogP contribution in [0.3, 0.4) is 0 Å². The Bertz CT molecular complexity index is 545. The maximum absolute atomic E-state index is 6.08. The summed E-state index contributed by atoms with van der Waals surface area (Å²) >= 11 is 3.50. The molecule has 1 heterocycles. The minimum atomic E-state index is 0.143. The zero-order valence-electron chi connectivity index (χ0n) is 12.4. The molecular formula is C17H22BrN3. The van der Waals surface area contributed by atoms with Crippen LogP contribution < -0.4 is 10.6 Å². The molecule has 0 aliphatic heterocycles. The molecule has 1 atom stereocenters. The number of hydrogen-bond acceptors (Lipinski definition) is 3. The molecule has 0 aliphatic rings. The lowest BCUT2D eigenvalue weighted by molar-refractivity contribution is 0.603. The molecule has 112 valence electrons. The molecule has 0 spiro atoms. The van der Waals surface area contributed by atoms with E-state index < -0.39 is 0 Å². The average molecular weight is 348 g/mol. The Balaban J connectivity index is 2.33. The lowest BCUT2D eigenvalue weighted by Gasteiger charge is -2.33. The summed E-state index contributed by atoms with van der Waals surface area (Å²) in [6.45, 7) is 3.77. The second-order valence-electron chi connectivity index (χ2n) is 5.07. The topological polar surface area (TPSA) is 42.1 Å². The third-order valence-corrected chi connectivity index (χ3v) is 3.98. The van der Waals surface area contributed by atoms with Crippen molar-refractivity contribution in [3.05, 3.63) is 58.8 Å². The van der Waals surface area contributed by atoms with Gasteiger partial charge < -0.3 is 10.6 Å². The molecule has 1 aromatic carbocycles. The molecule has 0 amide bonds. The summed E-state index contributed by atoms with van der Waals surface area (Å²) in [7, 11) is 0. The van der Waals surface area contributed by atoms with E-state index >= 15 is 0 Å². The Morgan fingerprint density at radius 2 is 2.00 bits per heavy atom. The van der Waals surface area contributed by atoms with Gasteiger partial charge in [-0.05, 0) is 46.1 Å². The Hall–Kier alpha value is -1.39. The number of nitrogens with zero attached hydrogens (tertiary/aromatic N) is 2. The van der Waals surface area contributed by atoms with Gasteiger partial charge in [-0.15, -0.1) is 0 Å². The molecule has 0 bridgehead atoms. The van der Waals surface area contributed by atoms with Crippen LogP contribution >= 0.6 is 15.9 Å². The van der Waals surface area contributed by atoms with Crippen LogP contribution in [0.1, 0.15) is 31.4 Å². The highest BCUT2D eigenvalue weighted by Crippen LogP contribution is 2.27. The summed E-state index contributed by atoms with van der Waals surface area (Å²) in [6.07, 6.45) is 6.02. The molecule has 0 saturated heterocycles. The van der Waals surface area contributed by atoms with E-state index in [0.29, 0.717) is 6.54 Å². The molecule has 2 N–H and O–H groups in total. The largest absolute Gasteiger partial charge is 0.363 e. The minimum absolute atomic E-state index is 0.143. The summed E-state index contributed by atoms with van der Waals surface area (Å²) in [6, 6.07) is 12.7. The number of hydrogen-bond donors (Lipinski definition) is 1. The molecule has 21 heavy (non-hydrogen) atoms. The number of rotatable bonds is 7. The third kappa shape index (κ3) is 4.29. The highest BCUT2D eigenvalue weighted by atomic mass is 79.9. The maximum atomic E-state index is 6.08. The lowest BCUT2D eigenvalue weighted by Crippen LogP contribution is -2.34. The molecule has 1 aromatic heterocycles. The van der Waals surface area contributed by atoms with Crippen LogP contribution in [-0.4, -0.2) is 18.1 Å². The number of pyridine rings is 1. The van der Waals surface area contributed by atoms with Crippen molar-refractivity contribution in [3.8, 4) is 0 Å². The van der Waals surface area contributed by atoms with Crippen LogP contribution in [-0.2, 0) is 0 Å². The Morgan fingerprint density at radius 3 is 2.62 bits per heavy atom. The van der Waals surface area contributed by atoms with Gasteiger partial charge in [0, 0.05) is 35.6 Å². The predicted octanol–water partition coefficient (Wildman–Crippen LogP) is 4.15. The van der Waals surface area contributed by atoms with E-state index in [9.17, 15) is 0 Å². The van der Waals surface area contributed by atoms with Crippen molar-refractivity contribution in [1.29, 1.82) is 0 Å². The summed E-state index contributed by atoms with van der Waals surface area (Å²) in [5.74, 6) is 0. The van der Waals surface area contributed by atoms with Crippen LogP contribution in [0.25, 0.3) is 0 Å². The van der Waals surface area contributed by atoms with Crippen molar-refractivity contribution in [3.63, 3.8) is 0 Å². The van der Waals surface area contributed by atoms with Crippen molar-refractivity contribution >= 4 is 21.6 Å². The highest BCUT2D eigenvalue weighted by Gasteiger charge is 2.19. The van der Waals surface area contributed by atoms with Crippen molar-refractivity contribution < 1.29 is 0 Å². The minimum Gasteiger partial charge on any atom is -0.363 e. The number of benzene rings is 1. The second-order valence-corrected chi connectivity index (χ2v) is 5.99. The van der Waals surface area contributed by atoms with E-state index in [1.807, 2.05) is 12.3 Å². The van der Waals surface area contributed by atoms with Crippen LogP contribution in [0.2, 0.25) is 0 Å². The first-order valence-corrected chi connectivity index (χ1v) is 8.17. The molecule has 3 nitrogen and oxygen atoms in total. The molecular weight excluding hydrogens is 326 g/mol. The lowest BCUT2D eigenvalue weighted by atomic mass is 10.1. The van der Waals surface area contributed by atoms with Gasteiger partial charge in [-0.2, -0.15) is 0 Å². The van der Waals surface area contributed by atoms with E-state index in [1.54, 1.807) is 6.20 Å². The SMILES string of the molecule is CCCCN(c1ccccc1)C(CN)c1cncc(Br)c1. The van der Waals surface area contributed by atoms with Gasteiger partial charge in [0.05, 0.1) is 6.04 Å². The zero-order chi connectivity index (χ0) is 15.1. The fraction of sp³-hybridized carbons (Fsp3) is 0.353. The highest BCUT2D eigenvalue weighted by molar-refractivity contribution is 9.10. The molecule has 0 fully saturated rings. The molecule has 1 unspecified atom stereocenters. The molecule has 2 rings (SSSR count). The van der Waals surface area contributed by atoms with Crippen LogP contribution in [0, 0.1) is 0 Å². The second kappa shape index (κ2) is 8.15. The first-order valence-electron chi connectivity index (χ1n) is 7.38. The van der Waals surface area contributed by atoms with Gasteiger partial charge in [0.25, 0.3) is 0 Å². The van der Waals surface area contributed by atoms with E-state index in [-0.39, 0.29) is 6.04 Å². The molecule has 4 heteroatoms. The molecule has 0 saturated carbocycles. The van der Waals surface area contributed by atoms with Crippen molar-refractivity contribution in [2.75, 3.05) is 18.0 Å². The standard InChI is InChI=1S/C17H22BrN3/c1-2-3-9-21(16-7-5-4-6-8-16)17(11-19)14-10-15(18)13-20-12-14/h4-8,10,12-13,17H,2-3,9,11,19H2,1H3. The van der Waals surface area contributed by atoms with Crippen molar-refractivity contribution in [2.24, 2.45) is 5.73 Å². The summed E-state index contributed by atoms with van der Waals surface area (Å²) in [4.78, 5) is 6.66. The number of para-hydroxylation sites is 1. The smallest absolute Gasteiger partial charge is 0.0680 e. The average Bonchev–Trinajstić information content (AvgIpc) is 2.52. The third-order valence-electron chi connectivity index (χ3n) is 3.55. The van der Waals surface area contributed by atoms with Gasteiger partial charge in [-0.3, -0.25) is 4.98 Å². The van der Waals surface area contributed by atoms with Gasteiger partial charge in [0.2, 0.25) is 0 Å². The quantitative estimate of drug-likeness (QED) is 0.817. The monoisotopic (exact) mass is 347 g/mol. The van der Waals surface area contributed by atoms with E-state index in [1.165, 1.54) is 5.69 Å². The summed E-state index contributed by atoms with van der Waals surface area (Å²) < 4.78 is 0.988. The number of aromatic nitrogens is 1. The van der Waals surface area contributed by atoms with Crippen molar-refractivity contribution in [1.82, 2.24) is 4.98 Å². The maximum Gasteiger partial charge on any atom is 0.0680 e. The van der Waals surface area contributed by atoms with Crippen LogP contribution in [0.5, 0.6) is 0 Å². The number of nitrogens with two attached hydrogens (primary N) is 1. The Morgan fingerprint density at radius 1 is 1.24 bits per heavy atom. The van der Waals surface area contributed by atoms with Gasteiger partial charge in [0.15, 0.2) is 0 Å².